The molecular formula is C59H110N2O7P+. The van der Waals surface area contributed by atoms with Crippen molar-refractivity contribution in [3.05, 3.63) is 60.8 Å². The number of hydrogen-bond donors (Lipinski definition) is 2. The number of phosphoric ester groups is 1. The van der Waals surface area contributed by atoms with Crippen molar-refractivity contribution in [3.63, 3.8) is 0 Å². The van der Waals surface area contributed by atoms with Gasteiger partial charge in [-0.2, -0.15) is 0 Å². The SMILES string of the molecule is CC/C=C/C=C/C=C/CCCCCCCCCC(=O)NC(COP(=O)(O)OCC[N+](C)(C)C)C(/C=C/CCCCCCCCCCCCC)OC(=O)CCCCCCCCC/C=C\CCCCCC. The molecule has 0 aliphatic carbocycles. The molecule has 69 heavy (non-hydrogen) atoms. The van der Waals surface area contributed by atoms with Gasteiger partial charge in [-0.25, -0.2) is 4.57 Å². The fourth-order valence-corrected chi connectivity index (χ4v) is 8.79. The molecule has 0 bridgehead atoms. The number of rotatable bonds is 51. The number of allylic oxidation sites excluding steroid dienone is 9. The first-order chi connectivity index (χ1) is 33.4. The molecule has 0 saturated heterocycles. The van der Waals surface area contributed by atoms with Crippen molar-refractivity contribution in [2.75, 3.05) is 40.9 Å². The van der Waals surface area contributed by atoms with E-state index in [-0.39, 0.29) is 31.5 Å². The minimum absolute atomic E-state index is 0.0357. The highest BCUT2D eigenvalue weighted by Gasteiger charge is 2.30. The Labute approximate surface area is 426 Å². The van der Waals surface area contributed by atoms with Crippen LogP contribution in [0.2, 0.25) is 0 Å². The molecule has 402 valence electrons. The Balaban J connectivity index is 5.40. The average Bonchev–Trinajstić information content (AvgIpc) is 3.31. The Bertz CT molecular complexity index is 1370. The number of quaternary nitrogens is 1. The Morgan fingerprint density at radius 2 is 0.942 bits per heavy atom. The summed E-state index contributed by atoms with van der Waals surface area (Å²) < 4.78 is 30.6. The van der Waals surface area contributed by atoms with Crippen LogP contribution < -0.4 is 5.32 Å². The van der Waals surface area contributed by atoms with Crippen LogP contribution in [0.3, 0.4) is 0 Å². The number of esters is 1. The van der Waals surface area contributed by atoms with Crippen molar-refractivity contribution in [2.45, 2.75) is 264 Å². The molecule has 0 spiro atoms. The normalized spacial score (nSPS) is 14.2. The number of hydrogen-bond acceptors (Lipinski definition) is 6. The second-order valence-corrected chi connectivity index (χ2v) is 21.9. The van der Waals surface area contributed by atoms with Gasteiger partial charge in [0.05, 0.1) is 33.8 Å². The summed E-state index contributed by atoms with van der Waals surface area (Å²) in [5.41, 5.74) is 0. The molecule has 1 amide bonds. The van der Waals surface area contributed by atoms with Crippen LogP contribution in [0.1, 0.15) is 252 Å². The summed E-state index contributed by atoms with van der Waals surface area (Å²) in [6, 6.07) is -0.856. The van der Waals surface area contributed by atoms with E-state index in [1.165, 1.54) is 128 Å². The van der Waals surface area contributed by atoms with E-state index in [4.69, 9.17) is 13.8 Å². The summed E-state index contributed by atoms with van der Waals surface area (Å²) in [5.74, 6) is -0.522. The van der Waals surface area contributed by atoms with Crippen LogP contribution in [0.25, 0.3) is 0 Å². The highest BCUT2D eigenvalue weighted by molar-refractivity contribution is 7.47. The smallest absolute Gasteiger partial charge is 0.456 e. The topological polar surface area (TPSA) is 111 Å². The molecular weight excluding hydrogens is 880 g/mol. The summed E-state index contributed by atoms with van der Waals surface area (Å²) in [6.45, 7) is 6.86. The van der Waals surface area contributed by atoms with Crippen molar-refractivity contribution in [3.8, 4) is 0 Å². The molecule has 0 aliphatic heterocycles. The Kier molecular flexibility index (Phi) is 47.7. The molecule has 0 aromatic heterocycles. The number of ether oxygens (including phenoxy) is 1. The first-order valence-corrected chi connectivity index (χ1v) is 30.1. The number of phosphoric acid groups is 1. The molecule has 0 aromatic carbocycles. The zero-order valence-electron chi connectivity index (χ0n) is 45.8. The van der Waals surface area contributed by atoms with Gasteiger partial charge in [-0.3, -0.25) is 18.6 Å². The minimum Gasteiger partial charge on any atom is -0.456 e. The average molecular weight is 991 g/mol. The van der Waals surface area contributed by atoms with E-state index in [1.54, 1.807) is 0 Å². The van der Waals surface area contributed by atoms with Crippen molar-refractivity contribution < 1.29 is 37.3 Å². The fourth-order valence-electron chi connectivity index (χ4n) is 8.05. The minimum atomic E-state index is -4.45. The molecule has 10 heteroatoms. The summed E-state index contributed by atoms with van der Waals surface area (Å²) in [7, 11) is 1.48. The molecule has 0 rings (SSSR count). The second-order valence-electron chi connectivity index (χ2n) is 20.5. The van der Waals surface area contributed by atoms with Crippen LogP contribution >= 0.6 is 7.82 Å². The second kappa shape index (κ2) is 49.3. The van der Waals surface area contributed by atoms with Gasteiger partial charge in [0.1, 0.15) is 19.3 Å². The first-order valence-electron chi connectivity index (χ1n) is 28.6. The molecule has 0 aliphatic rings. The lowest BCUT2D eigenvalue weighted by Gasteiger charge is -2.27. The number of amides is 1. The van der Waals surface area contributed by atoms with E-state index in [0.29, 0.717) is 17.4 Å². The fraction of sp³-hybridized carbons (Fsp3) is 0.797. The first kappa shape index (κ1) is 66.7. The van der Waals surface area contributed by atoms with Crippen molar-refractivity contribution in [2.24, 2.45) is 0 Å². The molecule has 0 radical (unpaired) electrons. The monoisotopic (exact) mass is 990 g/mol. The van der Waals surface area contributed by atoms with Crippen molar-refractivity contribution in [1.82, 2.24) is 5.32 Å². The van der Waals surface area contributed by atoms with Crippen LogP contribution in [-0.4, -0.2) is 74.3 Å². The van der Waals surface area contributed by atoms with Gasteiger partial charge >= 0.3 is 13.8 Å². The molecule has 3 unspecified atom stereocenters. The van der Waals surface area contributed by atoms with E-state index in [2.05, 4.69) is 74.7 Å². The largest absolute Gasteiger partial charge is 0.472 e. The predicted octanol–water partition coefficient (Wildman–Crippen LogP) is 17.1. The predicted molar refractivity (Wildman–Crippen MR) is 295 cm³/mol. The molecule has 0 fully saturated rings. The highest BCUT2D eigenvalue weighted by Crippen LogP contribution is 2.43. The summed E-state index contributed by atoms with van der Waals surface area (Å²) in [6.07, 6.45) is 60.6. The van der Waals surface area contributed by atoms with Crippen LogP contribution in [0.5, 0.6) is 0 Å². The summed E-state index contributed by atoms with van der Waals surface area (Å²) >= 11 is 0. The number of carbonyl (C=O) groups is 2. The zero-order valence-corrected chi connectivity index (χ0v) is 46.7. The third-order valence-electron chi connectivity index (χ3n) is 12.5. The van der Waals surface area contributed by atoms with E-state index < -0.39 is 20.0 Å². The standard InChI is InChI=1S/C59H109N2O7P/c1-7-10-13-16-19-22-25-28-30-33-36-39-42-45-48-51-58(62)60-56(55-67-69(64,65)66-54-53-61(4,5)6)57(50-47-44-41-38-35-32-27-24-21-18-15-12-9-3)68-59(63)52-49-46-43-40-37-34-31-29-26-23-20-17-14-11-8-2/h10,13,16,19,22-23,25-26,47,50,56-57H,7-9,11-12,14-15,17-18,20-21,24,27-46,48-49,51-55H2,1-6H3,(H-,60,62,64,65)/p+1/b13-10+,19-16+,25-22+,26-23-,50-47+. The lowest BCUT2D eigenvalue weighted by Crippen LogP contribution is -2.47. The number of nitrogens with zero attached hydrogens (tertiary/aromatic N) is 1. The third kappa shape index (κ3) is 50.4. The van der Waals surface area contributed by atoms with Gasteiger partial charge in [0.2, 0.25) is 5.91 Å². The van der Waals surface area contributed by atoms with E-state index in [0.717, 1.165) is 89.9 Å². The number of carbonyl (C=O) groups excluding carboxylic acids is 2. The quantitative estimate of drug-likeness (QED) is 0.0156. The van der Waals surface area contributed by atoms with Crippen LogP contribution in [0.15, 0.2) is 60.8 Å². The molecule has 0 heterocycles. The third-order valence-corrected chi connectivity index (χ3v) is 13.5. The Morgan fingerprint density at radius 3 is 1.43 bits per heavy atom. The van der Waals surface area contributed by atoms with Gasteiger partial charge in [-0.05, 0) is 76.7 Å². The van der Waals surface area contributed by atoms with Gasteiger partial charge in [-0.15, -0.1) is 0 Å². The maximum absolute atomic E-state index is 13.5. The van der Waals surface area contributed by atoms with Gasteiger partial charge < -0.3 is 19.4 Å². The van der Waals surface area contributed by atoms with Crippen molar-refractivity contribution >= 4 is 19.7 Å². The zero-order chi connectivity index (χ0) is 50.8. The molecule has 9 nitrogen and oxygen atoms in total. The van der Waals surface area contributed by atoms with Gasteiger partial charge in [0, 0.05) is 12.8 Å². The molecule has 3 atom stereocenters. The van der Waals surface area contributed by atoms with Crippen molar-refractivity contribution in [1.29, 1.82) is 0 Å². The number of nitrogens with one attached hydrogen (secondary N) is 1. The van der Waals surface area contributed by atoms with E-state index in [1.807, 2.05) is 33.3 Å². The number of likely N-dealkylation sites (N-methyl/N-ethyl adjacent to an activating group) is 1. The van der Waals surface area contributed by atoms with E-state index >= 15 is 0 Å². The Morgan fingerprint density at radius 1 is 0.522 bits per heavy atom. The van der Waals surface area contributed by atoms with Crippen LogP contribution in [0.4, 0.5) is 0 Å². The van der Waals surface area contributed by atoms with Gasteiger partial charge in [0.15, 0.2) is 0 Å². The lowest BCUT2D eigenvalue weighted by atomic mass is 10.0. The summed E-state index contributed by atoms with van der Waals surface area (Å²) in [5, 5.41) is 3.04. The van der Waals surface area contributed by atoms with E-state index in [9.17, 15) is 19.0 Å². The van der Waals surface area contributed by atoms with Gasteiger partial charge in [-0.1, -0.05) is 223 Å². The van der Waals surface area contributed by atoms with Gasteiger partial charge in [0.25, 0.3) is 0 Å². The molecule has 0 aromatic rings. The van der Waals surface area contributed by atoms with Crippen LogP contribution in [0, 0.1) is 0 Å². The maximum Gasteiger partial charge on any atom is 0.472 e. The molecule has 0 saturated carbocycles. The summed E-state index contributed by atoms with van der Waals surface area (Å²) in [4.78, 5) is 37.6. The highest BCUT2D eigenvalue weighted by atomic mass is 31.2. The van der Waals surface area contributed by atoms with Crippen LogP contribution in [-0.2, 0) is 27.9 Å². The maximum atomic E-state index is 13.5. The number of unbranched alkanes of at least 4 members (excludes halogenated alkanes) is 29. The Hall–Kier alpha value is -2.29. The molecule has 2 N–H and O–H groups in total. The lowest BCUT2D eigenvalue weighted by molar-refractivity contribution is -0.870.